The average molecular weight is 778 g/mol. The van der Waals surface area contributed by atoms with Crippen molar-refractivity contribution >= 4 is 0 Å². The van der Waals surface area contributed by atoms with E-state index in [1.807, 2.05) is 0 Å². The van der Waals surface area contributed by atoms with Crippen molar-refractivity contribution in [3.05, 3.63) is 0 Å². The van der Waals surface area contributed by atoms with Crippen LogP contribution in [0.3, 0.4) is 0 Å². The molecule has 6 heteroatoms. The van der Waals surface area contributed by atoms with Crippen LogP contribution in [-0.2, 0) is 23.7 Å². The van der Waals surface area contributed by atoms with Gasteiger partial charge in [0.1, 0.15) is 0 Å². The molecule has 0 N–H and O–H groups in total. The van der Waals surface area contributed by atoms with E-state index in [9.17, 15) is 0 Å². The molecule has 0 aliphatic carbocycles. The maximum absolute atomic E-state index is 5.68. The third-order valence-electron chi connectivity index (χ3n) is 7.41. The molecule has 0 unspecified atom stereocenters. The van der Waals surface area contributed by atoms with E-state index in [4.69, 9.17) is 23.7 Å². The highest BCUT2D eigenvalue weighted by Gasteiger charge is 2.11. The van der Waals surface area contributed by atoms with Crippen molar-refractivity contribution < 1.29 is 23.7 Å². The Morgan fingerprint density at radius 3 is 0.852 bits per heavy atom. The van der Waals surface area contributed by atoms with Crippen molar-refractivity contribution in [3.63, 3.8) is 0 Å². The summed E-state index contributed by atoms with van der Waals surface area (Å²) in [4.78, 5) is 2.40. The van der Waals surface area contributed by atoms with E-state index in [1.165, 1.54) is 103 Å². The Labute approximate surface area is 343 Å². The van der Waals surface area contributed by atoms with Crippen molar-refractivity contribution in [3.8, 4) is 0 Å². The maximum atomic E-state index is 5.68. The number of hydrogen-bond donors (Lipinski definition) is 0. The van der Waals surface area contributed by atoms with Crippen molar-refractivity contribution in [1.82, 2.24) is 4.90 Å². The van der Waals surface area contributed by atoms with Gasteiger partial charge in [-0.15, -0.1) is 0 Å². The molecule has 0 saturated carbocycles. The van der Waals surface area contributed by atoms with Crippen LogP contribution in [0.25, 0.3) is 0 Å². The second-order valence-corrected chi connectivity index (χ2v) is 19.0. The molecule has 0 spiro atoms. The molecule has 6 nitrogen and oxygen atoms in total. The lowest BCUT2D eigenvalue weighted by molar-refractivity contribution is -0.00645. The van der Waals surface area contributed by atoms with E-state index in [1.54, 1.807) is 0 Å². The summed E-state index contributed by atoms with van der Waals surface area (Å²) in [5.74, 6) is 0. The predicted molar refractivity (Wildman–Crippen MR) is 244 cm³/mol. The van der Waals surface area contributed by atoms with Gasteiger partial charge in [-0.25, -0.2) is 0 Å². The molecule has 334 valence electrons. The Morgan fingerprint density at radius 2 is 0.593 bits per heavy atom. The molecule has 0 heterocycles. The molecule has 0 fully saturated rings. The van der Waals surface area contributed by atoms with E-state index in [-0.39, 0.29) is 22.4 Å². The van der Waals surface area contributed by atoms with Crippen LogP contribution in [0.5, 0.6) is 0 Å². The number of rotatable bonds is 25. The van der Waals surface area contributed by atoms with Gasteiger partial charge in [0.15, 0.2) is 0 Å². The molecule has 0 aliphatic rings. The summed E-state index contributed by atoms with van der Waals surface area (Å²) in [5, 5.41) is 0. The smallest absolute Gasteiger partial charge is 0.0598 e. The van der Waals surface area contributed by atoms with Crippen LogP contribution in [0.4, 0.5) is 0 Å². The van der Waals surface area contributed by atoms with Gasteiger partial charge < -0.3 is 28.6 Å². The fourth-order valence-electron chi connectivity index (χ4n) is 4.32. The van der Waals surface area contributed by atoms with Crippen LogP contribution >= 0.6 is 0 Å². The van der Waals surface area contributed by atoms with Crippen molar-refractivity contribution in [1.29, 1.82) is 0 Å². The van der Waals surface area contributed by atoms with Crippen molar-refractivity contribution in [2.75, 3.05) is 53.2 Å². The minimum absolute atomic E-state index is 0.0147. The lowest BCUT2D eigenvalue weighted by Gasteiger charge is -2.21. The molecule has 0 aromatic rings. The standard InChI is InChI=1S/C13H29NO.3C9H20O.C8H18O/c1-6-7-8-10-14(5)11-9-12-15-13(2,3)4;3*1-5-6-7-8-10-9(2,3)4;1-4-5-6-7-9-8(2)3/h6-12H2,1-5H3;3*5-8H2,1-4H3;8H,4-7H2,1-3H3. The quantitative estimate of drug-likeness (QED) is 0.0861. The van der Waals surface area contributed by atoms with Gasteiger partial charge in [0.25, 0.3) is 0 Å². The summed E-state index contributed by atoms with van der Waals surface area (Å²) in [6.07, 6.45) is 20.6. The normalized spacial score (nSPS) is 11.9. The first-order chi connectivity index (χ1) is 24.9. The van der Waals surface area contributed by atoms with E-state index >= 15 is 0 Å². The molecule has 0 amide bonds. The van der Waals surface area contributed by atoms with E-state index in [0.29, 0.717) is 6.10 Å². The molecule has 0 saturated heterocycles. The zero-order chi connectivity index (χ0) is 43.0. The van der Waals surface area contributed by atoms with Gasteiger partial charge in [-0.05, 0) is 149 Å². The zero-order valence-electron chi connectivity index (χ0n) is 41.3. The first-order valence-corrected chi connectivity index (χ1v) is 22.8. The molecular formula is C48H107NO5. The van der Waals surface area contributed by atoms with Gasteiger partial charge in [-0.1, -0.05) is 98.8 Å². The number of nitrogens with zero attached hydrogens (tertiary/aromatic N) is 1. The van der Waals surface area contributed by atoms with Gasteiger partial charge in [0.2, 0.25) is 0 Å². The number of hydrogen-bond acceptors (Lipinski definition) is 6. The third kappa shape index (κ3) is 84.4. The maximum Gasteiger partial charge on any atom is 0.0598 e. The SMILES string of the molecule is CCCCCN(C)CCCOC(C)(C)C.CCCCCOC(C)(C)C.CCCCCOC(C)(C)C.CCCCCOC(C)(C)C.CCCCCOC(C)C. The molecule has 0 atom stereocenters. The largest absolute Gasteiger partial charge is 0.379 e. The molecule has 0 aliphatic heterocycles. The summed E-state index contributed by atoms with van der Waals surface area (Å²) in [7, 11) is 2.20. The monoisotopic (exact) mass is 778 g/mol. The average Bonchev–Trinajstić information content (AvgIpc) is 3.03. The van der Waals surface area contributed by atoms with Crippen LogP contribution in [-0.4, -0.2) is 86.6 Å². The van der Waals surface area contributed by atoms with E-state index in [0.717, 1.165) is 46.0 Å². The predicted octanol–water partition coefficient (Wildman–Crippen LogP) is 14.9. The highest BCUT2D eigenvalue weighted by molar-refractivity contribution is 4.61. The lowest BCUT2D eigenvalue weighted by atomic mass is 10.2. The minimum atomic E-state index is 0.0147. The summed E-state index contributed by atoms with van der Waals surface area (Å²) in [5.41, 5.74) is 0.163. The first-order valence-electron chi connectivity index (χ1n) is 22.8. The fraction of sp³-hybridized carbons (Fsp3) is 1.00. The number of unbranched alkanes of at least 4 members (excludes halogenated alkanes) is 10. The zero-order valence-corrected chi connectivity index (χ0v) is 41.3. The molecule has 54 heavy (non-hydrogen) atoms. The molecule has 0 rings (SSSR count). The van der Waals surface area contributed by atoms with Crippen LogP contribution < -0.4 is 0 Å². The van der Waals surface area contributed by atoms with Crippen molar-refractivity contribution in [2.24, 2.45) is 0 Å². The Balaban J connectivity index is -0.000000188. The Kier molecular flexibility index (Phi) is 49.4. The Morgan fingerprint density at radius 1 is 0.352 bits per heavy atom. The second-order valence-electron chi connectivity index (χ2n) is 19.0. The summed E-state index contributed by atoms with van der Waals surface area (Å²) in [6, 6.07) is 0. The third-order valence-corrected chi connectivity index (χ3v) is 7.41. The van der Waals surface area contributed by atoms with Crippen LogP contribution in [0.2, 0.25) is 0 Å². The molecule has 0 bridgehead atoms. The highest BCUT2D eigenvalue weighted by atomic mass is 16.5. The van der Waals surface area contributed by atoms with E-state index < -0.39 is 0 Å². The Bertz CT molecular complexity index is 618. The molecular weight excluding hydrogens is 671 g/mol. The van der Waals surface area contributed by atoms with Gasteiger partial charge in [0, 0.05) is 39.6 Å². The molecule has 0 radical (unpaired) electrons. The van der Waals surface area contributed by atoms with Gasteiger partial charge in [-0.3, -0.25) is 0 Å². The number of ether oxygens (including phenoxy) is 5. The minimum Gasteiger partial charge on any atom is -0.379 e. The summed E-state index contributed by atoms with van der Waals surface area (Å²) in [6.45, 7) is 47.3. The van der Waals surface area contributed by atoms with Gasteiger partial charge >= 0.3 is 0 Å². The van der Waals surface area contributed by atoms with Gasteiger partial charge in [-0.2, -0.15) is 0 Å². The second kappa shape index (κ2) is 42.4. The van der Waals surface area contributed by atoms with E-state index in [2.05, 4.69) is 143 Å². The van der Waals surface area contributed by atoms with Crippen LogP contribution in [0, 0.1) is 0 Å². The molecule has 0 aromatic heterocycles. The van der Waals surface area contributed by atoms with Crippen LogP contribution in [0.15, 0.2) is 0 Å². The Hall–Kier alpha value is -0.240. The molecule has 0 aromatic carbocycles. The fourth-order valence-corrected chi connectivity index (χ4v) is 4.32. The lowest BCUT2D eigenvalue weighted by Crippen LogP contribution is -2.25. The first kappa shape index (κ1) is 62.9. The van der Waals surface area contributed by atoms with Gasteiger partial charge in [0.05, 0.1) is 28.5 Å². The summed E-state index contributed by atoms with van der Waals surface area (Å²) >= 11 is 0. The van der Waals surface area contributed by atoms with Crippen LogP contribution in [0.1, 0.15) is 234 Å². The topological polar surface area (TPSA) is 49.4 Å². The highest BCUT2D eigenvalue weighted by Crippen LogP contribution is 2.10. The summed E-state index contributed by atoms with van der Waals surface area (Å²) < 4.78 is 27.6. The van der Waals surface area contributed by atoms with Crippen molar-refractivity contribution in [2.45, 2.75) is 263 Å².